The lowest BCUT2D eigenvalue weighted by molar-refractivity contribution is -0.459. The number of carbonyl (C=O) groups is 4. The minimum atomic E-state index is -1.05. The van der Waals surface area contributed by atoms with Gasteiger partial charge in [-0.2, -0.15) is 0 Å². The summed E-state index contributed by atoms with van der Waals surface area (Å²) >= 11 is 0. The summed E-state index contributed by atoms with van der Waals surface area (Å²) in [7, 11) is 0. The van der Waals surface area contributed by atoms with Crippen molar-refractivity contribution in [2.45, 2.75) is 82.8 Å². The molecule has 0 radical (unpaired) electrons. The van der Waals surface area contributed by atoms with Gasteiger partial charge in [-0.25, -0.2) is 4.79 Å². The monoisotopic (exact) mass is 570 g/mol. The fourth-order valence-electron chi connectivity index (χ4n) is 5.43. The van der Waals surface area contributed by atoms with Crippen molar-refractivity contribution >= 4 is 41.1 Å². The van der Waals surface area contributed by atoms with Crippen LogP contribution < -0.4 is 32.8 Å². The van der Waals surface area contributed by atoms with Crippen molar-refractivity contribution in [1.82, 2.24) is 15.2 Å². The van der Waals surface area contributed by atoms with Gasteiger partial charge in [0.2, 0.25) is 18.2 Å². The van der Waals surface area contributed by atoms with Gasteiger partial charge in [-0.1, -0.05) is 50.3 Å². The van der Waals surface area contributed by atoms with Gasteiger partial charge in [-0.05, 0) is 43.7 Å². The van der Waals surface area contributed by atoms with Crippen LogP contribution in [0.15, 0.2) is 30.5 Å². The predicted octanol–water partition coefficient (Wildman–Crippen LogP) is -0.813. The van der Waals surface area contributed by atoms with E-state index < -0.39 is 35.9 Å². The van der Waals surface area contributed by atoms with Crippen molar-refractivity contribution in [2.24, 2.45) is 23.1 Å². The molecule has 3 rings (SSSR count). The number of nitrogens with zero attached hydrogens (tertiary/aromatic N) is 1. The standard InChI is InChI=1S/C29H43N7O5/c1-2-41-28(40)23(12-8-14-33-29(31)32)34-27(39)24(35-26(38)22(30)15-19-9-4-3-5-10-19)16-20-17-36(18-37)25-13-7-6-11-21(20)25/h6-7,11,13,17-19,22-24H,2-5,8-10,12,14-16,30H2,1H3,(H,34,39)(H,35,38)(H4,31,32,33)/p+1/t22-,23-,24?/m1/s1. The number of fused-ring (bicyclic) bond motifs is 1. The molecule has 1 aliphatic rings. The van der Waals surface area contributed by atoms with E-state index >= 15 is 0 Å². The highest BCUT2D eigenvalue weighted by Gasteiger charge is 2.30. The van der Waals surface area contributed by atoms with Crippen molar-refractivity contribution in [3.63, 3.8) is 0 Å². The van der Waals surface area contributed by atoms with Crippen LogP contribution in [0.3, 0.4) is 0 Å². The fourth-order valence-corrected chi connectivity index (χ4v) is 5.43. The summed E-state index contributed by atoms with van der Waals surface area (Å²) in [5.74, 6) is -1.13. The SMILES string of the molecule is CCOC(=O)[C@@H](CCC[NH+]=C(N)N)NC(=O)C(Cc1cn(C=O)c2ccccc12)NC(=O)[C@H](N)CC1CCCCC1. The largest absolute Gasteiger partial charge is 0.464 e. The van der Waals surface area contributed by atoms with Gasteiger partial charge in [0.15, 0.2) is 0 Å². The first-order valence-electron chi connectivity index (χ1n) is 14.4. The van der Waals surface area contributed by atoms with Crippen LogP contribution in [0.2, 0.25) is 0 Å². The Balaban J connectivity index is 1.82. The quantitative estimate of drug-likeness (QED) is 0.0525. The summed E-state index contributed by atoms with van der Waals surface area (Å²) in [6, 6.07) is 4.54. The third kappa shape index (κ3) is 9.31. The van der Waals surface area contributed by atoms with E-state index in [2.05, 4.69) is 15.6 Å². The molecule has 0 spiro atoms. The number of ether oxygens (including phenoxy) is 1. The highest BCUT2D eigenvalue weighted by Crippen LogP contribution is 2.27. The van der Waals surface area contributed by atoms with Crippen LogP contribution in [0.4, 0.5) is 0 Å². The van der Waals surface area contributed by atoms with Crippen molar-refractivity contribution < 1.29 is 28.9 Å². The molecular weight excluding hydrogens is 526 g/mol. The molecule has 2 amide bonds. The Kier molecular flexibility index (Phi) is 12.1. The lowest BCUT2D eigenvalue weighted by atomic mass is 9.85. The number of nitrogens with two attached hydrogens (primary N) is 3. The molecule has 1 heterocycles. The van der Waals surface area contributed by atoms with Gasteiger partial charge in [0.25, 0.3) is 0 Å². The summed E-state index contributed by atoms with van der Waals surface area (Å²) in [6.45, 7) is 2.23. The van der Waals surface area contributed by atoms with E-state index in [0.29, 0.717) is 42.8 Å². The number of guanidine groups is 1. The van der Waals surface area contributed by atoms with E-state index in [-0.39, 0.29) is 25.4 Å². The van der Waals surface area contributed by atoms with E-state index in [1.54, 1.807) is 19.2 Å². The summed E-state index contributed by atoms with van der Waals surface area (Å²) in [6.07, 6.45) is 9.25. The zero-order valence-electron chi connectivity index (χ0n) is 23.8. The second-order valence-corrected chi connectivity index (χ2v) is 10.6. The third-order valence-electron chi connectivity index (χ3n) is 7.53. The van der Waals surface area contributed by atoms with Crippen LogP contribution >= 0.6 is 0 Å². The third-order valence-corrected chi connectivity index (χ3v) is 7.53. The maximum atomic E-state index is 13.7. The van der Waals surface area contributed by atoms with Crippen LogP contribution in [-0.4, -0.2) is 66.0 Å². The number of amides is 2. The Morgan fingerprint density at radius 3 is 2.49 bits per heavy atom. The fraction of sp³-hybridized carbons (Fsp3) is 0.552. The van der Waals surface area contributed by atoms with Crippen molar-refractivity contribution in [3.8, 4) is 0 Å². The number of para-hydroxylation sites is 1. The molecule has 12 heteroatoms. The molecule has 12 nitrogen and oxygen atoms in total. The average molecular weight is 571 g/mol. The normalized spacial score (nSPS) is 15.9. The molecule has 41 heavy (non-hydrogen) atoms. The van der Waals surface area contributed by atoms with E-state index in [4.69, 9.17) is 21.9 Å². The molecule has 0 bridgehead atoms. The minimum absolute atomic E-state index is 0.0588. The second-order valence-electron chi connectivity index (χ2n) is 10.6. The van der Waals surface area contributed by atoms with Gasteiger partial charge < -0.3 is 21.1 Å². The predicted molar refractivity (Wildman–Crippen MR) is 156 cm³/mol. The lowest BCUT2D eigenvalue weighted by Gasteiger charge is -2.26. The highest BCUT2D eigenvalue weighted by atomic mass is 16.5. The maximum Gasteiger partial charge on any atom is 0.338 e. The molecule has 9 N–H and O–H groups in total. The van der Waals surface area contributed by atoms with Crippen LogP contribution in [0, 0.1) is 5.92 Å². The van der Waals surface area contributed by atoms with E-state index in [1.165, 1.54) is 11.0 Å². The zero-order chi connectivity index (χ0) is 29.8. The maximum absolute atomic E-state index is 13.7. The molecular formula is C29H44N7O5+. The Morgan fingerprint density at radius 1 is 1.10 bits per heavy atom. The number of benzene rings is 1. The van der Waals surface area contributed by atoms with Gasteiger partial charge in [-0.3, -0.25) is 35.4 Å². The summed E-state index contributed by atoms with van der Waals surface area (Å²) in [5, 5.41) is 6.37. The van der Waals surface area contributed by atoms with E-state index in [1.807, 2.05) is 18.2 Å². The van der Waals surface area contributed by atoms with E-state index in [0.717, 1.165) is 31.1 Å². The Hall–Kier alpha value is -3.93. The molecule has 1 aliphatic carbocycles. The molecule has 1 aromatic carbocycles. The Bertz CT molecular complexity index is 1220. The van der Waals surface area contributed by atoms with Gasteiger partial charge in [-0.15, -0.1) is 0 Å². The lowest BCUT2D eigenvalue weighted by Crippen LogP contribution is -2.78. The average Bonchev–Trinajstić information content (AvgIpc) is 3.32. The summed E-state index contributed by atoms with van der Waals surface area (Å²) < 4.78 is 6.62. The van der Waals surface area contributed by atoms with Crippen LogP contribution in [0.5, 0.6) is 0 Å². The number of rotatable bonds is 15. The summed E-state index contributed by atoms with van der Waals surface area (Å²) in [5.41, 5.74) is 18.6. The van der Waals surface area contributed by atoms with Gasteiger partial charge >= 0.3 is 11.9 Å². The number of aromatic nitrogens is 1. The number of nitrogens with one attached hydrogen (secondary N) is 3. The van der Waals surface area contributed by atoms with Crippen LogP contribution in [-0.2, 0) is 30.3 Å². The number of esters is 1. The summed E-state index contributed by atoms with van der Waals surface area (Å²) in [4.78, 5) is 54.1. The molecule has 2 aromatic rings. The zero-order valence-corrected chi connectivity index (χ0v) is 23.8. The van der Waals surface area contributed by atoms with Crippen molar-refractivity contribution in [2.75, 3.05) is 13.2 Å². The number of carbonyl (C=O) groups excluding carboxylic acids is 4. The van der Waals surface area contributed by atoms with Gasteiger partial charge in [0.05, 0.1) is 24.7 Å². The first kappa shape index (κ1) is 31.6. The number of hydrogen-bond donors (Lipinski definition) is 6. The Morgan fingerprint density at radius 2 is 1.80 bits per heavy atom. The van der Waals surface area contributed by atoms with E-state index in [9.17, 15) is 19.2 Å². The molecule has 0 aliphatic heterocycles. The molecule has 0 saturated heterocycles. The Labute approximate surface area is 240 Å². The number of hydrogen-bond acceptors (Lipinski definition) is 6. The smallest absolute Gasteiger partial charge is 0.338 e. The second kappa shape index (κ2) is 15.8. The van der Waals surface area contributed by atoms with Crippen LogP contribution in [0.1, 0.15) is 63.9 Å². The molecule has 1 fully saturated rings. The van der Waals surface area contributed by atoms with Crippen molar-refractivity contribution in [3.05, 3.63) is 36.0 Å². The van der Waals surface area contributed by atoms with Crippen LogP contribution in [0.25, 0.3) is 10.9 Å². The van der Waals surface area contributed by atoms with Crippen molar-refractivity contribution in [1.29, 1.82) is 0 Å². The van der Waals surface area contributed by atoms with Gasteiger partial charge in [0.1, 0.15) is 12.1 Å². The minimum Gasteiger partial charge on any atom is -0.464 e. The molecule has 3 atom stereocenters. The first-order chi connectivity index (χ1) is 19.7. The van der Waals surface area contributed by atoms with Gasteiger partial charge in [0, 0.05) is 18.0 Å². The first-order valence-corrected chi connectivity index (χ1v) is 14.4. The molecule has 1 saturated carbocycles. The molecule has 1 unspecified atom stereocenters. The highest BCUT2D eigenvalue weighted by molar-refractivity contribution is 5.94. The molecule has 1 aromatic heterocycles. The molecule has 224 valence electrons. The topological polar surface area (TPSA) is 199 Å².